The lowest BCUT2D eigenvalue weighted by Crippen LogP contribution is -2.45. The fraction of sp³-hybridized carbons (Fsp3) is 0.526. The Morgan fingerprint density at radius 3 is 2.41 bits per heavy atom. The first kappa shape index (κ1) is 21.4. The maximum absolute atomic E-state index is 12.8. The first-order valence-corrected chi connectivity index (χ1v) is 10.3. The second-order valence-electron chi connectivity index (χ2n) is 7.53. The molecule has 0 spiro atoms. The van der Waals surface area contributed by atoms with E-state index in [0.717, 1.165) is 19.5 Å². The smallest absolute Gasteiger partial charge is 0.387 e. The van der Waals surface area contributed by atoms with E-state index in [1.807, 2.05) is 11.8 Å². The summed E-state index contributed by atoms with van der Waals surface area (Å²) in [5.74, 6) is 7.57. The van der Waals surface area contributed by atoms with Gasteiger partial charge in [0.2, 0.25) is 11.1 Å². The molecule has 1 aliphatic heterocycles. The van der Waals surface area contributed by atoms with Crippen molar-refractivity contribution in [3.8, 4) is 17.1 Å². The average Bonchev–Trinajstić information content (AvgIpc) is 3.01. The van der Waals surface area contributed by atoms with Crippen LogP contribution in [0, 0.1) is 11.8 Å². The molecule has 2 aromatic rings. The van der Waals surface area contributed by atoms with Crippen molar-refractivity contribution in [3.63, 3.8) is 0 Å². The van der Waals surface area contributed by atoms with E-state index in [9.17, 15) is 13.6 Å². The third-order valence-electron chi connectivity index (χ3n) is 4.81. The normalized spacial score (nSPS) is 20.7. The van der Waals surface area contributed by atoms with Crippen LogP contribution in [0.3, 0.4) is 0 Å². The SMILES string of the molecule is CC1CC(C)CN(C(=O)C(C)Sc2nnc(-c3ccc(OC(F)F)cc3)n2N)C1. The Bertz CT molecular complexity index is 836. The Labute approximate surface area is 172 Å². The number of ether oxygens (including phenoxy) is 1. The number of aromatic nitrogens is 3. The maximum Gasteiger partial charge on any atom is 0.387 e. The Balaban J connectivity index is 1.68. The fourth-order valence-corrected chi connectivity index (χ4v) is 4.50. The van der Waals surface area contributed by atoms with Gasteiger partial charge in [0, 0.05) is 18.7 Å². The number of thioether (sulfide) groups is 1. The molecule has 0 saturated carbocycles. The van der Waals surface area contributed by atoms with Crippen LogP contribution in [0.15, 0.2) is 29.4 Å². The van der Waals surface area contributed by atoms with Gasteiger partial charge in [0.25, 0.3) is 0 Å². The lowest BCUT2D eigenvalue weighted by atomic mass is 9.92. The molecule has 0 aliphatic carbocycles. The molecule has 0 radical (unpaired) electrons. The number of halogens is 2. The number of carbonyl (C=O) groups is 1. The van der Waals surface area contributed by atoms with Gasteiger partial charge >= 0.3 is 6.61 Å². The molecule has 1 aromatic carbocycles. The van der Waals surface area contributed by atoms with Crippen LogP contribution in [-0.2, 0) is 4.79 Å². The highest BCUT2D eigenvalue weighted by Crippen LogP contribution is 2.29. The van der Waals surface area contributed by atoms with Crippen molar-refractivity contribution >= 4 is 17.7 Å². The molecule has 1 amide bonds. The van der Waals surface area contributed by atoms with E-state index < -0.39 is 6.61 Å². The lowest BCUT2D eigenvalue weighted by Gasteiger charge is -2.36. The van der Waals surface area contributed by atoms with Gasteiger partial charge in [-0.2, -0.15) is 8.78 Å². The Hall–Kier alpha value is -2.36. The second-order valence-corrected chi connectivity index (χ2v) is 8.84. The Kier molecular flexibility index (Phi) is 6.61. The number of carbonyl (C=O) groups excluding carboxylic acids is 1. The van der Waals surface area contributed by atoms with Crippen LogP contribution in [-0.4, -0.2) is 50.6 Å². The summed E-state index contributed by atoms with van der Waals surface area (Å²) < 4.78 is 30.2. The van der Waals surface area contributed by atoms with Crippen molar-refractivity contribution in [2.45, 2.75) is 44.2 Å². The molecule has 1 saturated heterocycles. The van der Waals surface area contributed by atoms with E-state index in [1.54, 1.807) is 12.1 Å². The second kappa shape index (κ2) is 8.98. The van der Waals surface area contributed by atoms with Gasteiger partial charge in [0.05, 0.1) is 5.25 Å². The minimum atomic E-state index is -2.88. The molecule has 29 heavy (non-hydrogen) atoms. The third kappa shape index (κ3) is 5.17. The van der Waals surface area contributed by atoms with Crippen molar-refractivity contribution in [3.05, 3.63) is 24.3 Å². The Morgan fingerprint density at radius 2 is 1.83 bits per heavy atom. The molecular weight excluding hydrogens is 400 g/mol. The van der Waals surface area contributed by atoms with Crippen molar-refractivity contribution in [1.29, 1.82) is 0 Å². The summed E-state index contributed by atoms with van der Waals surface area (Å²) in [7, 11) is 0. The number of nitrogens with two attached hydrogens (primary N) is 1. The molecule has 2 heterocycles. The predicted molar refractivity (Wildman–Crippen MR) is 107 cm³/mol. The monoisotopic (exact) mass is 425 g/mol. The lowest BCUT2D eigenvalue weighted by molar-refractivity contribution is -0.132. The summed E-state index contributed by atoms with van der Waals surface area (Å²) in [4.78, 5) is 14.8. The molecule has 1 fully saturated rings. The number of alkyl halides is 2. The van der Waals surface area contributed by atoms with E-state index in [-0.39, 0.29) is 16.9 Å². The number of nitrogens with zero attached hydrogens (tertiary/aromatic N) is 4. The molecule has 2 N–H and O–H groups in total. The van der Waals surface area contributed by atoms with Crippen LogP contribution in [0.1, 0.15) is 27.2 Å². The number of hydrogen-bond donors (Lipinski definition) is 1. The summed E-state index contributed by atoms with van der Waals surface area (Å²) in [6, 6.07) is 5.97. The number of rotatable bonds is 6. The van der Waals surface area contributed by atoms with E-state index in [2.05, 4.69) is 28.8 Å². The highest BCUT2D eigenvalue weighted by molar-refractivity contribution is 8.00. The number of hydrogen-bond acceptors (Lipinski definition) is 6. The van der Waals surface area contributed by atoms with Gasteiger partial charge in [-0.05, 0) is 49.4 Å². The van der Waals surface area contributed by atoms with Crippen LogP contribution in [0.5, 0.6) is 5.75 Å². The van der Waals surface area contributed by atoms with Gasteiger partial charge in [-0.1, -0.05) is 25.6 Å². The van der Waals surface area contributed by atoms with Gasteiger partial charge in [0.15, 0.2) is 5.82 Å². The topological polar surface area (TPSA) is 86.3 Å². The molecule has 3 rings (SSSR count). The van der Waals surface area contributed by atoms with Crippen molar-refractivity contribution < 1.29 is 18.3 Å². The van der Waals surface area contributed by atoms with E-state index >= 15 is 0 Å². The minimum absolute atomic E-state index is 0.0469. The first-order valence-electron chi connectivity index (χ1n) is 9.45. The van der Waals surface area contributed by atoms with Crippen molar-refractivity contribution in [2.75, 3.05) is 18.9 Å². The maximum atomic E-state index is 12.8. The molecule has 3 atom stereocenters. The summed E-state index contributed by atoms with van der Waals surface area (Å²) in [5.41, 5.74) is 0.603. The molecule has 1 aliphatic rings. The van der Waals surface area contributed by atoms with E-state index in [4.69, 9.17) is 5.84 Å². The molecule has 1 aromatic heterocycles. The van der Waals surface area contributed by atoms with E-state index in [0.29, 0.717) is 28.4 Å². The highest BCUT2D eigenvalue weighted by Gasteiger charge is 2.29. The summed E-state index contributed by atoms with van der Waals surface area (Å²) in [6.07, 6.45) is 1.13. The first-order chi connectivity index (χ1) is 13.7. The van der Waals surface area contributed by atoms with Gasteiger partial charge in [-0.25, -0.2) is 4.68 Å². The summed E-state index contributed by atoms with van der Waals surface area (Å²) >= 11 is 1.25. The zero-order valence-electron chi connectivity index (χ0n) is 16.6. The standard InChI is InChI=1S/C19H25F2N5O2S/c1-11-8-12(2)10-25(9-11)17(27)13(3)29-19-24-23-16(26(19)22)14-4-6-15(7-5-14)28-18(20)21/h4-7,11-13,18H,8-10,22H2,1-3H3. The summed E-state index contributed by atoms with van der Waals surface area (Å²) in [6.45, 7) is 4.81. The van der Waals surface area contributed by atoms with Crippen LogP contribution in [0.4, 0.5) is 8.78 Å². The number of amides is 1. The largest absolute Gasteiger partial charge is 0.435 e. The minimum Gasteiger partial charge on any atom is -0.435 e. The molecule has 7 nitrogen and oxygen atoms in total. The number of benzene rings is 1. The zero-order chi connectivity index (χ0) is 21.1. The highest BCUT2D eigenvalue weighted by atomic mass is 32.2. The average molecular weight is 426 g/mol. The molecule has 158 valence electrons. The molecule has 3 unspecified atom stereocenters. The molecular formula is C19H25F2N5O2S. The van der Waals surface area contributed by atoms with Gasteiger partial charge in [0.1, 0.15) is 5.75 Å². The van der Waals surface area contributed by atoms with Crippen LogP contribution in [0.2, 0.25) is 0 Å². The summed E-state index contributed by atoms with van der Waals surface area (Å²) in [5, 5.41) is 8.22. The number of piperidine rings is 1. The molecule has 10 heteroatoms. The quantitative estimate of drug-likeness (QED) is 0.565. The van der Waals surface area contributed by atoms with Crippen molar-refractivity contribution in [1.82, 2.24) is 19.8 Å². The van der Waals surface area contributed by atoms with Gasteiger partial charge in [-0.15, -0.1) is 10.2 Å². The zero-order valence-corrected chi connectivity index (χ0v) is 17.4. The predicted octanol–water partition coefficient (Wildman–Crippen LogP) is 3.25. The van der Waals surface area contributed by atoms with Gasteiger partial charge in [-0.3, -0.25) is 4.79 Å². The molecule has 0 bridgehead atoms. The number of nitrogen functional groups attached to an aromatic ring is 1. The van der Waals surface area contributed by atoms with E-state index in [1.165, 1.54) is 28.6 Å². The third-order valence-corrected chi connectivity index (χ3v) is 5.86. The fourth-order valence-electron chi connectivity index (χ4n) is 3.65. The van der Waals surface area contributed by atoms with Crippen molar-refractivity contribution in [2.24, 2.45) is 11.8 Å². The van der Waals surface area contributed by atoms with Crippen LogP contribution in [0.25, 0.3) is 11.4 Å². The van der Waals surface area contributed by atoms with Crippen LogP contribution >= 0.6 is 11.8 Å². The number of likely N-dealkylation sites (tertiary alicyclic amines) is 1. The van der Waals surface area contributed by atoms with Crippen LogP contribution < -0.4 is 10.6 Å². The Morgan fingerprint density at radius 1 is 1.21 bits per heavy atom. The van der Waals surface area contributed by atoms with Gasteiger partial charge < -0.3 is 15.5 Å².